The van der Waals surface area contributed by atoms with E-state index in [1.54, 1.807) is 36.4 Å². The summed E-state index contributed by atoms with van der Waals surface area (Å²) in [5, 5.41) is 8.99. The van der Waals surface area contributed by atoms with Gasteiger partial charge in [0.15, 0.2) is 15.6 Å². The van der Waals surface area contributed by atoms with Gasteiger partial charge in [0.25, 0.3) is 0 Å². The first-order valence-electron chi connectivity index (χ1n) is 7.00. The van der Waals surface area contributed by atoms with E-state index in [1.165, 1.54) is 18.2 Å². The van der Waals surface area contributed by atoms with E-state index in [0.29, 0.717) is 0 Å². The molecule has 0 saturated heterocycles. The van der Waals surface area contributed by atoms with Gasteiger partial charge in [0, 0.05) is 0 Å². The predicted octanol–water partition coefficient (Wildman–Crippen LogP) is 2.99. The molecule has 0 bridgehead atoms. The molecule has 1 N–H and O–H groups in total. The molecule has 7 heteroatoms. The van der Waals surface area contributed by atoms with Crippen LogP contribution in [-0.2, 0) is 14.7 Å². The normalized spacial score (nSPS) is 11.4. The lowest BCUT2D eigenvalue weighted by Crippen LogP contribution is -2.05. The van der Waals surface area contributed by atoms with Gasteiger partial charge >= 0.3 is 5.97 Å². The number of benzene rings is 2. The number of rotatable bonds is 7. The van der Waals surface area contributed by atoms with E-state index in [2.05, 4.69) is 0 Å². The molecule has 2 aromatic rings. The third-order valence-corrected chi connectivity index (χ3v) is 4.72. The van der Waals surface area contributed by atoms with Crippen LogP contribution < -0.4 is 4.89 Å². The summed E-state index contributed by atoms with van der Waals surface area (Å²) in [5.41, 5.74) is 0.913. The van der Waals surface area contributed by atoms with Crippen LogP contribution in [0.5, 0.6) is 5.75 Å². The summed E-state index contributed by atoms with van der Waals surface area (Å²) in [6, 6.07) is 12.5. The molecule has 2 aromatic carbocycles. The lowest BCUT2D eigenvalue weighted by atomic mass is 10.2. The fraction of sp³-hybridized carbons (Fsp3) is 0.118. The van der Waals surface area contributed by atoms with Gasteiger partial charge in [-0.2, -0.15) is 0 Å². The Balaban J connectivity index is 1.93. The number of aromatic carboxylic acids is 1. The minimum absolute atomic E-state index is 0.0241. The van der Waals surface area contributed by atoms with Crippen molar-refractivity contribution >= 4 is 15.8 Å². The van der Waals surface area contributed by atoms with Crippen molar-refractivity contribution in [2.24, 2.45) is 0 Å². The molecule has 6 nitrogen and oxygen atoms in total. The molecule has 0 spiro atoms. The molecule has 24 heavy (non-hydrogen) atoms. The van der Waals surface area contributed by atoms with Crippen LogP contribution in [0.2, 0.25) is 0 Å². The van der Waals surface area contributed by atoms with E-state index in [-0.39, 0.29) is 22.0 Å². The third-order valence-electron chi connectivity index (χ3n) is 3.10. The Morgan fingerprint density at radius 3 is 2.46 bits per heavy atom. The van der Waals surface area contributed by atoms with E-state index in [0.717, 1.165) is 11.8 Å². The molecule has 0 aliphatic rings. The molecule has 0 radical (unpaired) electrons. The Labute approximate surface area is 139 Å². The van der Waals surface area contributed by atoms with Crippen molar-refractivity contribution < 1.29 is 28.1 Å². The number of carbonyl (C=O) groups is 1. The molecule has 0 saturated carbocycles. The maximum Gasteiger partial charge on any atom is 0.339 e. The highest BCUT2D eigenvalue weighted by molar-refractivity contribution is 7.91. The standard InChI is InChI=1S/C17H16O6S/c1-13-7-9-14(10-8-13)24(20,21)12-4-11-22-23-16-6-3-2-5-15(16)17(18)19/h2-11H,12H2,1H3,(H,18,19). The second-order valence-electron chi connectivity index (χ2n) is 4.95. The van der Waals surface area contributed by atoms with Gasteiger partial charge in [0.2, 0.25) is 0 Å². The van der Waals surface area contributed by atoms with E-state index in [9.17, 15) is 13.2 Å². The first-order chi connectivity index (χ1) is 11.4. The Hall–Kier alpha value is -2.80. The molecule has 0 fully saturated rings. The Morgan fingerprint density at radius 1 is 1.12 bits per heavy atom. The number of carboxylic acids is 1. The van der Waals surface area contributed by atoms with E-state index in [1.807, 2.05) is 6.92 Å². The maximum absolute atomic E-state index is 12.1. The topological polar surface area (TPSA) is 89.9 Å². The molecular weight excluding hydrogens is 332 g/mol. The summed E-state index contributed by atoms with van der Waals surface area (Å²) in [5.74, 6) is -1.39. The smallest absolute Gasteiger partial charge is 0.339 e. The van der Waals surface area contributed by atoms with Gasteiger partial charge < -0.3 is 5.11 Å². The average molecular weight is 348 g/mol. The second-order valence-corrected chi connectivity index (χ2v) is 6.98. The Bertz CT molecular complexity index is 838. The largest absolute Gasteiger partial charge is 0.478 e. The highest BCUT2D eigenvalue weighted by atomic mass is 32.2. The Morgan fingerprint density at radius 2 is 1.79 bits per heavy atom. The minimum Gasteiger partial charge on any atom is -0.478 e. The Kier molecular flexibility index (Phi) is 5.59. The van der Waals surface area contributed by atoms with Gasteiger partial charge in [-0.05, 0) is 37.3 Å². The quantitative estimate of drug-likeness (QED) is 0.470. The SMILES string of the molecule is Cc1ccc(S(=O)(=O)CC=COOc2ccccc2C(=O)O)cc1. The molecule has 0 unspecified atom stereocenters. The summed E-state index contributed by atoms with van der Waals surface area (Å²) in [6.07, 6.45) is 2.34. The predicted molar refractivity (Wildman–Crippen MR) is 87.5 cm³/mol. The van der Waals surface area contributed by atoms with E-state index in [4.69, 9.17) is 14.9 Å². The minimum atomic E-state index is -3.46. The van der Waals surface area contributed by atoms with E-state index < -0.39 is 15.8 Å². The number of aryl methyl sites for hydroxylation is 1. The van der Waals surface area contributed by atoms with Crippen molar-refractivity contribution in [3.05, 3.63) is 72.0 Å². The fourth-order valence-corrected chi connectivity index (χ4v) is 2.92. The van der Waals surface area contributed by atoms with Crippen molar-refractivity contribution in [2.75, 3.05) is 5.75 Å². The summed E-state index contributed by atoms with van der Waals surface area (Å²) in [6.45, 7) is 1.87. The van der Waals surface area contributed by atoms with Crippen molar-refractivity contribution in [3.8, 4) is 5.75 Å². The molecule has 0 heterocycles. The third kappa shape index (κ3) is 4.60. The van der Waals surface area contributed by atoms with Crippen LogP contribution in [0.15, 0.2) is 65.8 Å². The second kappa shape index (κ2) is 7.65. The highest BCUT2D eigenvalue weighted by Crippen LogP contribution is 2.18. The monoisotopic (exact) mass is 348 g/mol. The lowest BCUT2D eigenvalue weighted by molar-refractivity contribution is -0.149. The molecule has 0 amide bonds. The molecule has 126 valence electrons. The van der Waals surface area contributed by atoms with Gasteiger partial charge in [0.1, 0.15) is 11.8 Å². The first-order valence-corrected chi connectivity index (χ1v) is 8.65. The number of hydrogen-bond acceptors (Lipinski definition) is 5. The van der Waals surface area contributed by atoms with Gasteiger partial charge in [-0.15, -0.1) is 0 Å². The number of hydrogen-bond donors (Lipinski definition) is 1. The van der Waals surface area contributed by atoms with Crippen LogP contribution in [0, 0.1) is 6.92 Å². The fourth-order valence-electron chi connectivity index (χ4n) is 1.84. The molecule has 2 rings (SSSR count). The molecule has 0 aromatic heterocycles. The molecule has 0 aliphatic heterocycles. The number of carboxylic acid groups (broad SMARTS) is 1. The first kappa shape index (κ1) is 17.6. The van der Waals surface area contributed by atoms with E-state index >= 15 is 0 Å². The van der Waals surface area contributed by atoms with Crippen molar-refractivity contribution in [1.29, 1.82) is 0 Å². The maximum atomic E-state index is 12.1. The average Bonchev–Trinajstić information content (AvgIpc) is 2.55. The summed E-state index contributed by atoms with van der Waals surface area (Å²) in [7, 11) is -3.46. The van der Waals surface area contributed by atoms with Gasteiger partial charge in [-0.3, -0.25) is 9.78 Å². The van der Waals surface area contributed by atoms with Crippen molar-refractivity contribution in [3.63, 3.8) is 0 Å². The zero-order valence-corrected chi connectivity index (χ0v) is 13.7. The number of sulfone groups is 1. The van der Waals surface area contributed by atoms with Crippen LogP contribution >= 0.6 is 0 Å². The van der Waals surface area contributed by atoms with Crippen LogP contribution in [-0.4, -0.2) is 25.2 Å². The van der Waals surface area contributed by atoms with Crippen LogP contribution in [0.3, 0.4) is 0 Å². The summed E-state index contributed by atoms with van der Waals surface area (Å²) in [4.78, 5) is 20.8. The lowest BCUT2D eigenvalue weighted by Gasteiger charge is -2.05. The zero-order chi connectivity index (χ0) is 17.6. The van der Waals surface area contributed by atoms with Crippen molar-refractivity contribution in [2.45, 2.75) is 11.8 Å². The van der Waals surface area contributed by atoms with Crippen LogP contribution in [0.25, 0.3) is 0 Å². The van der Waals surface area contributed by atoms with Gasteiger partial charge in [0.05, 0.1) is 10.6 Å². The van der Waals surface area contributed by atoms with Crippen LogP contribution in [0.4, 0.5) is 0 Å². The van der Waals surface area contributed by atoms with Gasteiger partial charge in [-0.25, -0.2) is 13.2 Å². The summed E-state index contributed by atoms with van der Waals surface area (Å²) >= 11 is 0. The number of para-hydroxylation sites is 1. The molecule has 0 aliphatic carbocycles. The molecule has 0 atom stereocenters. The van der Waals surface area contributed by atoms with Crippen LogP contribution in [0.1, 0.15) is 15.9 Å². The zero-order valence-electron chi connectivity index (χ0n) is 12.9. The summed E-state index contributed by atoms with van der Waals surface area (Å²) < 4.78 is 24.2. The highest BCUT2D eigenvalue weighted by Gasteiger charge is 2.12. The van der Waals surface area contributed by atoms with Gasteiger partial charge in [-0.1, -0.05) is 29.8 Å². The van der Waals surface area contributed by atoms with Crippen molar-refractivity contribution in [1.82, 2.24) is 0 Å². The molecular formula is C17H16O6S.